The monoisotopic (exact) mass is 487 g/mol. The normalized spacial score (nSPS) is 13.7. The summed E-state index contributed by atoms with van der Waals surface area (Å²) in [6, 6.07) is 6.16. The molecule has 186 valence electrons. The third-order valence-electron chi connectivity index (χ3n) is 6.82. The Morgan fingerprint density at radius 2 is 2.06 bits per heavy atom. The van der Waals surface area contributed by atoms with Gasteiger partial charge in [0.25, 0.3) is 0 Å². The van der Waals surface area contributed by atoms with Gasteiger partial charge in [0, 0.05) is 48.5 Å². The van der Waals surface area contributed by atoms with Gasteiger partial charge in [0.15, 0.2) is 0 Å². The molecule has 0 aliphatic heterocycles. The first-order valence-corrected chi connectivity index (χ1v) is 12.2. The van der Waals surface area contributed by atoms with Crippen molar-refractivity contribution in [3.8, 4) is 16.9 Å². The second kappa shape index (κ2) is 8.63. The van der Waals surface area contributed by atoms with Crippen LogP contribution in [0.4, 0.5) is 11.6 Å². The summed E-state index contributed by atoms with van der Waals surface area (Å²) in [7, 11) is 3.60. The smallest absolute Gasteiger partial charge is 0.145 e. The van der Waals surface area contributed by atoms with Crippen molar-refractivity contribution in [2.45, 2.75) is 45.4 Å². The number of aromatic amines is 1. The zero-order valence-corrected chi connectivity index (χ0v) is 20.8. The summed E-state index contributed by atoms with van der Waals surface area (Å²) in [5.41, 5.74) is 5.35. The zero-order valence-electron chi connectivity index (χ0n) is 20.8. The van der Waals surface area contributed by atoms with Gasteiger partial charge >= 0.3 is 0 Å². The van der Waals surface area contributed by atoms with Gasteiger partial charge in [-0.3, -0.25) is 4.68 Å². The van der Waals surface area contributed by atoms with Crippen LogP contribution in [0, 0.1) is 13.8 Å². The van der Waals surface area contributed by atoms with Gasteiger partial charge in [-0.1, -0.05) is 5.16 Å². The molecule has 3 N–H and O–H groups in total. The molecule has 1 aliphatic rings. The van der Waals surface area contributed by atoms with E-state index >= 15 is 0 Å². The van der Waals surface area contributed by atoms with Crippen molar-refractivity contribution in [2.24, 2.45) is 7.05 Å². The summed E-state index contributed by atoms with van der Waals surface area (Å²) in [6.45, 7) is 3.90. The number of methoxy groups -OCH3 is 1. The number of ether oxygens (including phenoxy) is 1. The number of aliphatic hydroxyl groups excluding tert-OH is 1. The Hall–Kier alpha value is -3.92. The maximum Gasteiger partial charge on any atom is 0.145 e. The van der Waals surface area contributed by atoms with Crippen LogP contribution in [-0.4, -0.2) is 48.7 Å². The lowest BCUT2D eigenvalue weighted by Crippen LogP contribution is -2.05. The van der Waals surface area contributed by atoms with Crippen LogP contribution < -0.4 is 10.1 Å². The maximum absolute atomic E-state index is 9.36. The fourth-order valence-corrected chi connectivity index (χ4v) is 4.85. The van der Waals surface area contributed by atoms with Crippen molar-refractivity contribution in [2.75, 3.05) is 19.0 Å². The molecule has 10 nitrogen and oxygen atoms in total. The first kappa shape index (κ1) is 22.5. The van der Waals surface area contributed by atoms with Crippen LogP contribution in [0.3, 0.4) is 0 Å². The third-order valence-corrected chi connectivity index (χ3v) is 6.82. The Labute approximate surface area is 207 Å². The molecule has 4 heterocycles. The predicted octanol–water partition coefficient (Wildman–Crippen LogP) is 4.67. The number of rotatable bonds is 8. The third kappa shape index (κ3) is 3.78. The van der Waals surface area contributed by atoms with Gasteiger partial charge in [0.2, 0.25) is 0 Å². The van der Waals surface area contributed by atoms with Crippen LogP contribution >= 0.6 is 0 Å². The van der Waals surface area contributed by atoms with E-state index in [4.69, 9.17) is 19.2 Å². The lowest BCUT2D eigenvalue weighted by molar-refractivity contribution is 0.287. The molecule has 0 unspecified atom stereocenters. The number of nitrogens with one attached hydrogen (secondary N) is 2. The number of aliphatic hydroxyl groups is 1. The lowest BCUT2D eigenvalue weighted by atomic mass is 10.0. The first-order valence-electron chi connectivity index (χ1n) is 12.2. The number of hydrogen-bond acceptors (Lipinski definition) is 8. The van der Waals surface area contributed by atoms with Crippen molar-refractivity contribution in [3.63, 3.8) is 0 Å². The minimum Gasteiger partial charge on any atom is -0.496 e. The molecule has 10 heteroatoms. The largest absolute Gasteiger partial charge is 0.496 e. The summed E-state index contributed by atoms with van der Waals surface area (Å²) >= 11 is 0. The summed E-state index contributed by atoms with van der Waals surface area (Å²) in [4.78, 5) is 13.1. The molecule has 0 atom stereocenters. The van der Waals surface area contributed by atoms with Gasteiger partial charge < -0.3 is 24.7 Å². The molecule has 0 spiro atoms. The summed E-state index contributed by atoms with van der Waals surface area (Å²) in [6.07, 6.45) is 3.54. The fourth-order valence-electron chi connectivity index (χ4n) is 4.85. The molecular formula is C26H29N7O3. The minimum atomic E-state index is 0.0847. The van der Waals surface area contributed by atoms with E-state index < -0.39 is 0 Å². The van der Waals surface area contributed by atoms with Gasteiger partial charge in [0.05, 0.1) is 29.4 Å². The average molecular weight is 488 g/mol. The Morgan fingerprint density at radius 1 is 1.22 bits per heavy atom. The standard InChI is InChI=1S/C26H29N7O3/c1-13-23(14(2)36-32-13)17-10-19-16(11-20(17)35-4)24-25(27-19)28-21(6-5-9-34)29-26(24)30-22-12-18(15-7-8-15)31-33(22)3/h10-12,15,34H,5-9H2,1-4H3,(H2,27,28,29,30). The van der Waals surface area contributed by atoms with Crippen LogP contribution in [-0.2, 0) is 13.5 Å². The molecule has 1 fully saturated rings. The number of hydrogen-bond donors (Lipinski definition) is 3. The van der Waals surface area contributed by atoms with Gasteiger partial charge in [-0.15, -0.1) is 0 Å². The van der Waals surface area contributed by atoms with Crippen LogP contribution in [0.5, 0.6) is 5.75 Å². The number of benzene rings is 1. The molecule has 1 saturated carbocycles. The van der Waals surface area contributed by atoms with E-state index in [0.717, 1.165) is 56.0 Å². The van der Waals surface area contributed by atoms with Crippen molar-refractivity contribution in [3.05, 3.63) is 41.2 Å². The lowest BCUT2D eigenvalue weighted by Gasteiger charge is -2.11. The highest BCUT2D eigenvalue weighted by molar-refractivity contribution is 6.13. The number of anilines is 2. The van der Waals surface area contributed by atoms with Crippen LogP contribution in [0.2, 0.25) is 0 Å². The maximum atomic E-state index is 9.36. The Morgan fingerprint density at radius 3 is 2.75 bits per heavy atom. The zero-order chi connectivity index (χ0) is 25.0. The second-order valence-corrected chi connectivity index (χ2v) is 9.44. The summed E-state index contributed by atoms with van der Waals surface area (Å²) in [5, 5.41) is 23.5. The Balaban J connectivity index is 1.54. The number of nitrogens with zero attached hydrogens (tertiary/aromatic N) is 5. The van der Waals surface area contributed by atoms with Crippen molar-refractivity contribution in [1.82, 2.24) is 29.9 Å². The van der Waals surface area contributed by atoms with Crippen molar-refractivity contribution in [1.29, 1.82) is 0 Å². The van der Waals surface area contributed by atoms with Crippen molar-refractivity contribution < 1.29 is 14.4 Å². The molecule has 0 bridgehead atoms. The topological polar surface area (TPSA) is 127 Å². The highest BCUT2D eigenvalue weighted by Gasteiger charge is 2.27. The Kier molecular flexibility index (Phi) is 5.40. The molecule has 0 saturated heterocycles. The van der Waals surface area contributed by atoms with E-state index in [1.54, 1.807) is 7.11 Å². The molecule has 1 aliphatic carbocycles. The van der Waals surface area contributed by atoms with E-state index in [-0.39, 0.29) is 6.61 Å². The Bertz CT molecular complexity index is 1570. The van der Waals surface area contributed by atoms with Gasteiger partial charge in [0.1, 0.15) is 34.6 Å². The molecule has 0 amide bonds. The van der Waals surface area contributed by atoms with E-state index in [9.17, 15) is 5.11 Å². The number of aromatic nitrogens is 6. The van der Waals surface area contributed by atoms with Crippen LogP contribution in [0.1, 0.15) is 48.2 Å². The number of H-pyrrole nitrogens is 1. The van der Waals surface area contributed by atoms with E-state index in [1.165, 1.54) is 12.8 Å². The second-order valence-electron chi connectivity index (χ2n) is 9.44. The molecule has 0 radical (unpaired) electrons. The van der Waals surface area contributed by atoms with Crippen LogP contribution in [0.15, 0.2) is 22.7 Å². The predicted molar refractivity (Wildman–Crippen MR) is 137 cm³/mol. The summed E-state index contributed by atoms with van der Waals surface area (Å²) in [5.74, 6) is 4.22. The minimum absolute atomic E-state index is 0.0847. The van der Waals surface area contributed by atoms with E-state index in [2.05, 4.69) is 32.7 Å². The van der Waals surface area contributed by atoms with Crippen molar-refractivity contribution >= 4 is 33.6 Å². The van der Waals surface area contributed by atoms with E-state index in [0.29, 0.717) is 36.2 Å². The molecule has 1 aromatic carbocycles. The molecule has 36 heavy (non-hydrogen) atoms. The number of aryl methyl sites for hydroxylation is 4. The summed E-state index contributed by atoms with van der Waals surface area (Å²) < 4.78 is 13.1. The molecular weight excluding hydrogens is 458 g/mol. The highest BCUT2D eigenvalue weighted by atomic mass is 16.5. The molecule has 5 aromatic rings. The van der Waals surface area contributed by atoms with Gasteiger partial charge in [-0.2, -0.15) is 5.10 Å². The highest BCUT2D eigenvalue weighted by Crippen LogP contribution is 2.42. The molecule has 4 aromatic heterocycles. The quantitative estimate of drug-likeness (QED) is 0.288. The fraction of sp³-hybridized carbons (Fsp3) is 0.385. The average Bonchev–Trinajstić information content (AvgIpc) is 3.45. The number of fused-ring (bicyclic) bond motifs is 3. The van der Waals surface area contributed by atoms with Gasteiger partial charge in [-0.25, -0.2) is 9.97 Å². The first-order chi connectivity index (χ1) is 17.5. The van der Waals surface area contributed by atoms with Crippen LogP contribution in [0.25, 0.3) is 33.1 Å². The SMILES string of the molecule is COc1cc2c(cc1-c1c(C)noc1C)[nH]c1nc(CCCO)nc(Nc3cc(C4CC4)nn3C)c12. The molecule has 6 rings (SSSR count). The van der Waals surface area contributed by atoms with Gasteiger partial charge in [-0.05, 0) is 45.2 Å². The van der Waals surface area contributed by atoms with E-state index in [1.807, 2.05) is 31.6 Å².